The van der Waals surface area contributed by atoms with Crippen molar-refractivity contribution in [2.45, 2.75) is 38.7 Å². The van der Waals surface area contributed by atoms with Gasteiger partial charge >= 0.3 is 11.9 Å². The third-order valence-corrected chi connectivity index (χ3v) is 4.57. The van der Waals surface area contributed by atoms with Crippen molar-refractivity contribution in [1.29, 1.82) is 0 Å². The molecule has 0 saturated heterocycles. The van der Waals surface area contributed by atoms with Gasteiger partial charge in [0.2, 0.25) is 0 Å². The first-order valence-corrected chi connectivity index (χ1v) is 9.25. The average Bonchev–Trinajstić information content (AvgIpc) is 2.51. The summed E-state index contributed by atoms with van der Waals surface area (Å²) in [7, 11) is 0. The third kappa shape index (κ3) is 9.62. The van der Waals surface area contributed by atoms with Gasteiger partial charge in [0, 0.05) is 25.2 Å². The largest absolute Gasteiger partial charge is 0.465 e. The molecule has 0 heterocycles. The number of ether oxygens (including phenoxy) is 3. The number of carbonyl (C=O) groups excluding carboxylic acids is 3. The SMILES string of the molecule is CC(=O)OC[C@H](SC(C)=O)[C@@H](COCc1ccc(Br)cc1)OC(C)=O. The van der Waals surface area contributed by atoms with Crippen LogP contribution >= 0.6 is 27.7 Å². The van der Waals surface area contributed by atoms with Gasteiger partial charge in [-0.3, -0.25) is 14.4 Å². The van der Waals surface area contributed by atoms with Crippen molar-refractivity contribution in [2.75, 3.05) is 13.2 Å². The molecule has 0 aliphatic rings. The Kier molecular flexibility index (Phi) is 9.77. The smallest absolute Gasteiger partial charge is 0.303 e. The highest BCUT2D eigenvalue weighted by atomic mass is 79.9. The third-order valence-electron chi connectivity index (χ3n) is 2.96. The van der Waals surface area contributed by atoms with E-state index in [1.807, 2.05) is 24.3 Å². The van der Waals surface area contributed by atoms with Gasteiger partial charge in [0.25, 0.3) is 0 Å². The maximum Gasteiger partial charge on any atom is 0.303 e. The molecule has 0 saturated carbocycles. The molecule has 0 fully saturated rings. The summed E-state index contributed by atoms with van der Waals surface area (Å²) in [5.41, 5.74) is 0.959. The Morgan fingerprint density at radius 1 is 1.04 bits per heavy atom. The summed E-state index contributed by atoms with van der Waals surface area (Å²) in [4.78, 5) is 33.9. The molecule has 0 amide bonds. The lowest BCUT2D eigenvalue weighted by atomic mass is 10.2. The summed E-state index contributed by atoms with van der Waals surface area (Å²) in [6.45, 7) is 4.33. The van der Waals surface area contributed by atoms with E-state index in [-0.39, 0.29) is 18.3 Å². The van der Waals surface area contributed by atoms with E-state index in [4.69, 9.17) is 14.2 Å². The standard InChI is InChI=1S/C17H21BrO6S/c1-11(19)23-10-17(25-13(3)21)16(24-12(2)20)9-22-8-14-4-6-15(18)7-5-14/h4-7,16-17H,8-10H2,1-3H3/t16-,17+/m1/s1. The molecule has 1 aromatic carbocycles. The van der Waals surface area contributed by atoms with Gasteiger partial charge < -0.3 is 14.2 Å². The average molecular weight is 433 g/mol. The first-order chi connectivity index (χ1) is 11.8. The first kappa shape index (κ1) is 21.7. The zero-order valence-corrected chi connectivity index (χ0v) is 16.7. The summed E-state index contributed by atoms with van der Waals surface area (Å²) in [6.07, 6.45) is -0.707. The summed E-state index contributed by atoms with van der Waals surface area (Å²) in [5.74, 6) is -0.958. The van der Waals surface area contributed by atoms with E-state index >= 15 is 0 Å². The molecule has 1 aromatic rings. The second kappa shape index (κ2) is 11.3. The van der Waals surface area contributed by atoms with Crippen molar-refractivity contribution < 1.29 is 28.6 Å². The first-order valence-electron chi connectivity index (χ1n) is 7.58. The Morgan fingerprint density at radius 2 is 1.68 bits per heavy atom. The minimum Gasteiger partial charge on any atom is -0.465 e. The maximum atomic E-state index is 11.5. The summed E-state index contributed by atoms with van der Waals surface area (Å²) < 4.78 is 16.8. The van der Waals surface area contributed by atoms with Crippen LogP contribution in [0.25, 0.3) is 0 Å². The molecule has 25 heavy (non-hydrogen) atoms. The van der Waals surface area contributed by atoms with E-state index in [0.717, 1.165) is 21.8 Å². The van der Waals surface area contributed by atoms with Crippen LogP contribution in [0.1, 0.15) is 26.3 Å². The van der Waals surface area contributed by atoms with Crippen LogP contribution < -0.4 is 0 Å². The molecule has 0 unspecified atom stereocenters. The number of esters is 2. The van der Waals surface area contributed by atoms with Crippen molar-refractivity contribution in [1.82, 2.24) is 0 Å². The van der Waals surface area contributed by atoms with E-state index in [1.165, 1.54) is 20.8 Å². The van der Waals surface area contributed by atoms with Crippen molar-refractivity contribution in [3.63, 3.8) is 0 Å². The van der Waals surface area contributed by atoms with E-state index in [0.29, 0.717) is 6.61 Å². The number of rotatable bonds is 9. The fraction of sp³-hybridized carbons (Fsp3) is 0.471. The van der Waals surface area contributed by atoms with Crippen LogP contribution in [0.3, 0.4) is 0 Å². The monoisotopic (exact) mass is 432 g/mol. The minimum absolute atomic E-state index is 0.0425. The lowest BCUT2D eigenvalue weighted by molar-refractivity contribution is -0.151. The predicted molar refractivity (Wildman–Crippen MR) is 98.0 cm³/mol. The molecule has 0 N–H and O–H groups in total. The number of carbonyl (C=O) groups is 3. The van der Waals surface area contributed by atoms with Gasteiger partial charge in [-0.1, -0.05) is 39.8 Å². The molecule has 2 atom stereocenters. The number of halogens is 1. The highest BCUT2D eigenvalue weighted by molar-refractivity contribution is 9.10. The fourth-order valence-electron chi connectivity index (χ4n) is 1.93. The van der Waals surface area contributed by atoms with E-state index in [9.17, 15) is 14.4 Å². The van der Waals surface area contributed by atoms with Gasteiger partial charge in [0.1, 0.15) is 12.7 Å². The Morgan fingerprint density at radius 3 is 2.20 bits per heavy atom. The van der Waals surface area contributed by atoms with Crippen LogP contribution in [0.15, 0.2) is 28.7 Å². The molecule has 138 valence electrons. The molecular formula is C17H21BrO6S. The highest BCUT2D eigenvalue weighted by Gasteiger charge is 2.28. The fourth-order valence-corrected chi connectivity index (χ4v) is 3.05. The summed E-state index contributed by atoms with van der Waals surface area (Å²) >= 11 is 4.32. The van der Waals surface area contributed by atoms with Crippen LogP contribution in [0, 0.1) is 0 Å². The molecule has 1 rings (SSSR count). The summed E-state index contributed by atoms with van der Waals surface area (Å²) in [6, 6.07) is 7.62. The van der Waals surface area contributed by atoms with Crippen LogP contribution in [-0.2, 0) is 35.2 Å². The van der Waals surface area contributed by atoms with Gasteiger partial charge in [0.05, 0.1) is 18.5 Å². The molecule has 8 heteroatoms. The van der Waals surface area contributed by atoms with E-state index in [2.05, 4.69) is 15.9 Å². The molecule has 0 aromatic heterocycles. The molecular weight excluding hydrogens is 412 g/mol. The zero-order valence-electron chi connectivity index (χ0n) is 14.3. The topological polar surface area (TPSA) is 78.9 Å². The van der Waals surface area contributed by atoms with Crippen molar-refractivity contribution in [3.05, 3.63) is 34.3 Å². The Bertz CT molecular complexity index is 589. The van der Waals surface area contributed by atoms with Crippen molar-refractivity contribution in [3.8, 4) is 0 Å². The molecule has 0 aliphatic heterocycles. The number of thioether (sulfide) groups is 1. The lowest BCUT2D eigenvalue weighted by Crippen LogP contribution is -2.37. The van der Waals surface area contributed by atoms with Gasteiger partial charge in [-0.2, -0.15) is 0 Å². The lowest BCUT2D eigenvalue weighted by Gasteiger charge is -2.25. The highest BCUT2D eigenvalue weighted by Crippen LogP contribution is 2.20. The number of benzene rings is 1. The van der Waals surface area contributed by atoms with Gasteiger partial charge in [-0.15, -0.1) is 0 Å². The molecule has 6 nitrogen and oxygen atoms in total. The van der Waals surface area contributed by atoms with Crippen LogP contribution in [-0.4, -0.2) is 41.6 Å². The Hall–Kier alpha value is -1.38. The van der Waals surface area contributed by atoms with Crippen LogP contribution in [0.5, 0.6) is 0 Å². The predicted octanol–water partition coefficient (Wildman–Crippen LogP) is 3.11. The van der Waals surface area contributed by atoms with Gasteiger partial charge in [-0.25, -0.2) is 0 Å². The molecule has 0 bridgehead atoms. The quantitative estimate of drug-likeness (QED) is 0.554. The van der Waals surface area contributed by atoms with Crippen LogP contribution in [0.4, 0.5) is 0 Å². The normalized spacial score (nSPS) is 13.0. The second-order valence-electron chi connectivity index (χ2n) is 5.24. The van der Waals surface area contributed by atoms with Crippen LogP contribution in [0.2, 0.25) is 0 Å². The summed E-state index contributed by atoms with van der Waals surface area (Å²) in [5, 5.41) is -0.697. The molecule has 0 aliphatic carbocycles. The minimum atomic E-state index is -0.707. The Balaban J connectivity index is 2.69. The number of hydrogen-bond acceptors (Lipinski definition) is 7. The van der Waals surface area contributed by atoms with E-state index in [1.54, 1.807) is 0 Å². The van der Waals surface area contributed by atoms with E-state index < -0.39 is 23.3 Å². The van der Waals surface area contributed by atoms with Gasteiger partial charge in [-0.05, 0) is 17.7 Å². The van der Waals surface area contributed by atoms with Gasteiger partial charge in [0.15, 0.2) is 5.12 Å². The zero-order chi connectivity index (χ0) is 18.8. The molecule has 0 spiro atoms. The number of hydrogen-bond donors (Lipinski definition) is 0. The van der Waals surface area contributed by atoms with Crippen molar-refractivity contribution >= 4 is 44.7 Å². The Labute approximate surface area is 159 Å². The maximum absolute atomic E-state index is 11.5. The molecule has 0 radical (unpaired) electrons. The van der Waals surface area contributed by atoms with Crippen molar-refractivity contribution in [2.24, 2.45) is 0 Å². The second-order valence-corrected chi connectivity index (χ2v) is 7.57.